The van der Waals surface area contributed by atoms with Gasteiger partial charge in [0.2, 0.25) is 5.91 Å². The number of methoxy groups -OCH3 is 2. The summed E-state index contributed by atoms with van der Waals surface area (Å²) in [5, 5.41) is 5.38. The maximum Gasteiger partial charge on any atom is 0.325 e. The zero-order valence-electron chi connectivity index (χ0n) is 14.4. The van der Waals surface area contributed by atoms with Gasteiger partial charge in [-0.25, -0.2) is 4.79 Å². The summed E-state index contributed by atoms with van der Waals surface area (Å²) >= 11 is 0. The number of urea groups is 1. The number of carbonyl (C=O) groups is 3. The normalized spacial score (nSPS) is 22.6. The third-order valence-corrected chi connectivity index (χ3v) is 4.66. The van der Waals surface area contributed by atoms with Crippen molar-refractivity contribution in [3.8, 4) is 11.5 Å². The molecule has 0 aromatic heterocycles. The summed E-state index contributed by atoms with van der Waals surface area (Å²) in [5.41, 5.74) is -0.402. The van der Waals surface area contributed by atoms with Gasteiger partial charge >= 0.3 is 6.03 Å². The quantitative estimate of drug-likeness (QED) is 0.758. The molecule has 25 heavy (non-hydrogen) atoms. The predicted molar refractivity (Wildman–Crippen MR) is 89.5 cm³/mol. The third kappa shape index (κ3) is 3.11. The second kappa shape index (κ2) is 6.27. The molecule has 8 heteroatoms. The first-order valence-corrected chi connectivity index (χ1v) is 8.05. The molecule has 2 aliphatic rings. The standard InChI is InChI=1S/C17H21N3O5/c1-17(10-4-5-10)15(22)20(16(23)19-17)9-14(21)18-11-6-7-12(24-2)13(8-11)25-3/h6-8,10H,4-5,9H2,1-3H3,(H,18,21)(H,19,23). The Morgan fingerprint density at radius 1 is 1.28 bits per heavy atom. The molecule has 2 N–H and O–H groups in total. The molecule has 0 spiro atoms. The van der Waals surface area contributed by atoms with Gasteiger partial charge in [-0.1, -0.05) is 0 Å². The average molecular weight is 347 g/mol. The van der Waals surface area contributed by atoms with Crippen LogP contribution in [0.5, 0.6) is 11.5 Å². The SMILES string of the molecule is COc1ccc(NC(=O)CN2C(=O)NC(C)(C3CC3)C2=O)cc1OC. The first-order chi connectivity index (χ1) is 11.9. The van der Waals surface area contributed by atoms with Crippen molar-refractivity contribution in [3.63, 3.8) is 0 Å². The van der Waals surface area contributed by atoms with E-state index in [9.17, 15) is 14.4 Å². The molecule has 134 valence electrons. The van der Waals surface area contributed by atoms with E-state index in [1.807, 2.05) is 0 Å². The van der Waals surface area contributed by atoms with Gasteiger partial charge in [0.05, 0.1) is 14.2 Å². The summed E-state index contributed by atoms with van der Waals surface area (Å²) in [5.74, 6) is 0.354. The molecule has 1 aromatic carbocycles. The lowest BCUT2D eigenvalue weighted by molar-refractivity contribution is -0.134. The molecule has 0 radical (unpaired) electrons. The largest absolute Gasteiger partial charge is 0.493 e. The average Bonchev–Trinajstić information content (AvgIpc) is 3.41. The maximum atomic E-state index is 12.5. The Kier molecular flexibility index (Phi) is 4.28. The Morgan fingerprint density at radius 3 is 2.56 bits per heavy atom. The summed E-state index contributed by atoms with van der Waals surface area (Å²) in [7, 11) is 3.01. The fourth-order valence-electron chi connectivity index (χ4n) is 3.05. The van der Waals surface area contributed by atoms with Gasteiger partial charge in [-0.3, -0.25) is 14.5 Å². The maximum absolute atomic E-state index is 12.5. The molecule has 8 nitrogen and oxygen atoms in total. The van der Waals surface area contributed by atoms with Crippen LogP contribution in [-0.2, 0) is 9.59 Å². The Labute approximate surface area is 145 Å². The molecular formula is C17H21N3O5. The van der Waals surface area contributed by atoms with Crippen LogP contribution in [0.15, 0.2) is 18.2 Å². The predicted octanol–water partition coefficient (Wildman–Crippen LogP) is 1.36. The van der Waals surface area contributed by atoms with Gasteiger partial charge in [0.1, 0.15) is 12.1 Å². The fraction of sp³-hybridized carbons (Fsp3) is 0.471. The van der Waals surface area contributed by atoms with Crippen molar-refractivity contribution in [2.45, 2.75) is 25.3 Å². The van der Waals surface area contributed by atoms with Crippen molar-refractivity contribution < 1.29 is 23.9 Å². The van der Waals surface area contributed by atoms with Crippen molar-refractivity contribution in [2.24, 2.45) is 5.92 Å². The van der Waals surface area contributed by atoms with Crippen molar-refractivity contribution >= 4 is 23.5 Å². The zero-order valence-corrected chi connectivity index (χ0v) is 14.4. The second-order valence-electron chi connectivity index (χ2n) is 6.42. The van der Waals surface area contributed by atoms with E-state index in [1.165, 1.54) is 14.2 Å². The molecule has 1 aliphatic carbocycles. The highest BCUT2D eigenvalue weighted by molar-refractivity contribution is 6.10. The van der Waals surface area contributed by atoms with Crippen LogP contribution < -0.4 is 20.1 Å². The van der Waals surface area contributed by atoms with Crippen LogP contribution >= 0.6 is 0 Å². The minimum atomic E-state index is -0.888. The first kappa shape index (κ1) is 17.1. The Hall–Kier alpha value is -2.77. The summed E-state index contributed by atoms with van der Waals surface area (Å²) in [6, 6.07) is 4.39. The molecule has 1 saturated heterocycles. The van der Waals surface area contributed by atoms with Gasteiger partial charge in [-0.05, 0) is 37.8 Å². The number of ether oxygens (including phenoxy) is 2. The van der Waals surface area contributed by atoms with Crippen molar-refractivity contribution in [1.82, 2.24) is 10.2 Å². The van der Waals surface area contributed by atoms with Crippen LogP contribution in [-0.4, -0.2) is 49.0 Å². The van der Waals surface area contributed by atoms with Crippen molar-refractivity contribution in [3.05, 3.63) is 18.2 Å². The van der Waals surface area contributed by atoms with Gasteiger partial charge < -0.3 is 20.1 Å². The van der Waals surface area contributed by atoms with Crippen LogP contribution in [0.4, 0.5) is 10.5 Å². The minimum Gasteiger partial charge on any atom is -0.493 e. The number of benzene rings is 1. The number of anilines is 1. The molecule has 1 saturated carbocycles. The number of imide groups is 1. The smallest absolute Gasteiger partial charge is 0.325 e. The summed E-state index contributed by atoms with van der Waals surface area (Å²) < 4.78 is 10.3. The van der Waals surface area contributed by atoms with Crippen molar-refractivity contribution in [2.75, 3.05) is 26.1 Å². The van der Waals surface area contributed by atoms with Crippen LogP contribution in [0.1, 0.15) is 19.8 Å². The Bertz CT molecular complexity index is 731. The number of rotatable bonds is 6. The number of hydrogen-bond acceptors (Lipinski definition) is 5. The summed E-state index contributed by atoms with van der Waals surface area (Å²) in [4.78, 5) is 37.8. The van der Waals surface area contributed by atoms with Crippen LogP contribution in [0.2, 0.25) is 0 Å². The number of amides is 4. The highest BCUT2D eigenvalue weighted by Crippen LogP contribution is 2.42. The highest BCUT2D eigenvalue weighted by Gasteiger charge is 2.56. The molecule has 2 fully saturated rings. The molecule has 4 amide bonds. The molecular weight excluding hydrogens is 326 g/mol. The topological polar surface area (TPSA) is 97.0 Å². The van der Waals surface area contributed by atoms with E-state index in [1.54, 1.807) is 25.1 Å². The van der Waals surface area contributed by atoms with Gasteiger partial charge in [-0.15, -0.1) is 0 Å². The number of nitrogens with one attached hydrogen (secondary N) is 2. The molecule has 1 aliphatic heterocycles. The highest BCUT2D eigenvalue weighted by atomic mass is 16.5. The fourth-order valence-corrected chi connectivity index (χ4v) is 3.05. The van der Waals surface area contributed by atoms with Crippen LogP contribution in [0.3, 0.4) is 0 Å². The van der Waals surface area contributed by atoms with E-state index >= 15 is 0 Å². The lowest BCUT2D eigenvalue weighted by atomic mass is 9.96. The van der Waals surface area contributed by atoms with E-state index in [0.717, 1.165) is 17.7 Å². The Balaban J connectivity index is 1.67. The third-order valence-electron chi connectivity index (χ3n) is 4.66. The number of carbonyl (C=O) groups excluding carboxylic acids is 3. The number of hydrogen-bond donors (Lipinski definition) is 2. The molecule has 1 atom stereocenters. The van der Waals surface area contributed by atoms with E-state index in [2.05, 4.69) is 10.6 Å². The van der Waals surface area contributed by atoms with Gasteiger partial charge in [0.15, 0.2) is 11.5 Å². The van der Waals surface area contributed by atoms with E-state index in [-0.39, 0.29) is 18.4 Å². The van der Waals surface area contributed by atoms with E-state index < -0.39 is 17.5 Å². The van der Waals surface area contributed by atoms with Crippen LogP contribution in [0.25, 0.3) is 0 Å². The second-order valence-corrected chi connectivity index (χ2v) is 6.42. The summed E-state index contributed by atoms with van der Waals surface area (Å²) in [6.45, 7) is 1.39. The zero-order chi connectivity index (χ0) is 18.2. The minimum absolute atomic E-state index is 0.155. The van der Waals surface area contributed by atoms with Gasteiger partial charge in [0, 0.05) is 11.8 Å². The molecule has 1 unspecified atom stereocenters. The van der Waals surface area contributed by atoms with Gasteiger partial charge in [-0.2, -0.15) is 0 Å². The van der Waals surface area contributed by atoms with E-state index in [4.69, 9.17) is 9.47 Å². The van der Waals surface area contributed by atoms with Crippen LogP contribution in [0, 0.1) is 5.92 Å². The molecule has 0 bridgehead atoms. The molecule has 1 heterocycles. The van der Waals surface area contributed by atoms with Crippen molar-refractivity contribution in [1.29, 1.82) is 0 Å². The summed E-state index contributed by atoms with van der Waals surface area (Å²) in [6.07, 6.45) is 1.82. The number of nitrogens with zero attached hydrogens (tertiary/aromatic N) is 1. The monoisotopic (exact) mass is 347 g/mol. The lowest BCUT2D eigenvalue weighted by Crippen LogP contribution is -2.46. The molecule has 3 rings (SSSR count). The van der Waals surface area contributed by atoms with Gasteiger partial charge in [0.25, 0.3) is 5.91 Å². The Morgan fingerprint density at radius 2 is 1.96 bits per heavy atom. The first-order valence-electron chi connectivity index (χ1n) is 8.05. The lowest BCUT2D eigenvalue weighted by Gasteiger charge is -2.20. The molecule has 1 aromatic rings. The van der Waals surface area contributed by atoms with E-state index in [0.29, 0.717) is 17.2 Å².